The number of phenols is 1. The molecule has 1 heterocycles. The first-order valence-corrected chi connectivity index (χ1v) is 7.79. The molecule has 0 saturated carbocycles. The van der Waals surface area contributed by atoms with Crippen LogP contribution in [0.15, 0.2) is 24.3 Å². The van der Waals surface area contributed by atoms with Gasteiger partial charge in [-0.25, -0.2) is 4.79 Å². The number of hydrogen-bond donors (Lipinski definition) is 2. The third-order valence-corrected chi connectivity index (χ3v) is 4.04. The topological polar surface area (TPSA) is 75.8 Å². The third kappa shape index (κ3) is 3.35. The zero-order valence-corrected chi connectivity index (χ0v) is 13.6. The lowest BCUT2D eigenvalue weighted by Crippen LogP contribution is -2.48. The van der Waals surface area contributed by atoms with Crippen molar-refractivity contribution in [2.75, 3.05) is 13.1 Å². The molecule has 3 N–H and O–H groups in total. The van der Waals surface area contributed by atoms with Crippen molar-refractivity contribution >= 4 is 6.09 Å². The minimum atomic E-state index is -0.535. The number of hydrogen-bond acceptors (Lipinski definition) is 4. The number of phenolic OH excluding ortho intramolecular Hbond substituents is 1. The Morgan fingerprint density at radius 2 is 2.18 bits per heavy atom. The highest BCUT2D eigenvalue weighted by Crippen LogP contribution is 2.43. The zero-order valence-electron chi connectivity index (χ0n) is 13.6. The number of carbonyl (C=O) groups excluding carboxylic acids is 1. The molecule has 0 aromatic heterocycles. The number of benzene rings is 1. The number of rotatable bonds is 3. The summed E-state index contributed by atoms with van der Waals surface area (Å²) in [5, 5.41) is 9.80. The molecule has 1 aliphatic rings. The van der Waals surface area contributed by atoms with E-state index in [-0.39, 0.29) is 11.8 Å². The van der Waals surface area contributed by atoms with E-state index < -0.39 is 11.1 Å². The Hall–Kier alpha value is -1.75. The molecule has 0 bridgehead atoms. The summed E-state index contributed by atoms with van der Waals surface area (Å²) in [5.74, 6) is 0.199. The van der Waals surface area contributed by atoms with Gasteiger partial charge < -0.3 is 15.6 Å². The summed E-state index contributed by atoms with van der Waals surface area (Å²) in [6.45, 7) is 6.69. The van der Waals surface area contributed by atoms with E-state index in [1.807, 2.05) is 26.8 Å². The normalized spacial score (nSPS) is 21.9. The summed E-state index contributed by atoms with van der Waals surface area (Å²) in [6.07, 6.45) is 2.05. The maximum absolute atomic E-state index is 12.6. The van der Waals surface area contributed by atoms with Crippen LogP contribution in [0.5, 0.6) is 5.75 Å². The number of amides is 1. The van der Waals surface area contributed by atoms with Gasteiger partial charge in [0.05, 0.1) is 5.54 Å². The van der Waals surface area contributed by atoms with Gasteiger partial charge in [0.15, 0.2) is 0 Å². The second-order valence-corrected chi connectivity index (χ2v) is 6.86. The standard InChI is InChI=1S/C17H26N2O3/c1-16(2,3)22-15(21)19-11-5-8-17(19,9-10-18)13-6-4-7-14(20)12-13/h4,6-7,12,20H,5,8-11,18H2,1-3H3. The Kier molecular flexibility index (Phi) is 4.66. The molecule has 0 aliphatic carbocycles. The summed E-state index contributed by atoms with van der Waals surface area (Å²) < 4.78 is 5.56. The zero-order chi connectivity index (χ0) is 16.4. The van der Waals surface area contributed by atoms with E-state index in [0.29, 0.717) is 19.5 Å². The smallest absolute Gasteiger partial charge is 0.411 e. The van der Waals surface area contributed by atoms with Crippen molar-refractivity contribution in [1.29, 1.82) is 0 Å². The van der Waals surface area contributed by atoms with E-state index in [9.17, 15) is 9.90 Å². The molecular formula is C17H26N2O3. The van der Waals surface area contributed by atoms with Crippen LogP contribution in [0.3, 0.4) is 0 Å². The van der Waals surface area contributed by atoms with Gasteiger partial charge in [0.2, 0.25) is 0 Å². The van der Waals surface area contributed by atoms with Crippen LogP contribution in [0.25, 0.3) is 0 Å². The summed E-state index contributed by atoms with van der Waals surface area (Å²) in [5.41, 5.74) is 5.71. The predicted octanol–water partition coefficient (Wildman–Crippen LogP) is 2.97. The van der Waals surface area contributed by atoms with Crippen LogP contribution in [-0.4, -0.2) is 34.8 Å². The summed E-state index contributed by atoms with van der Waals surface area (Å²) in [7, 11) is 0. The second-order valence-electron chi connectivity index (χ2n) is 6.86. The predicted molar refractivity (Wildman–Crippen MR) is 85.6 cm³/mol. The molecule has 1 saturated heterocycles. The van der Waals surface area contributed by atoms with Crippen LogP contribution >= 0.6 is 0 Å². The van der Waals surface area contributed by atoms with Gasteiger partial charge in [-0.3, -0.25) is 4.90 Å². The average Bonchev–Trinajstić information content (AvgIpc) is 2.82. The van der Waals surface area contributed by atoms with Gasteiger partial charge in [0, 0.05) is 6.54 Å². The van der Waals surface area contributed by atoms with Crippen LogP contribution in [-0.2, 0) is 10.3 Å². The molecule has 5 heteroatoms. The molecule has 0 spiro atoms. The lowest BCUT2D eigenvalue weighted by Gasteiger charge is -2.39. The van der Waals surface area contributed by atoms with Crippen molar-refractivity contribution in [2.45, 2.75) is 51.2 Å². The highest BCUT2D eigenvalue weighted by Gasteiger charge is 2.46. The molecule has 1 aliphatic heterocycles. The summed E-state index contributed by atoms with van der Waals surface area (Å²) in [6, 6.07) is 7.09. The number of nitrogens with two attached hydrogens (primary N) is 1. The molecule has 1 aromatic carbocycles. The molecule has 2 rings (SSSR count). The minimum absolute atomic E-state index is 0.199. The first-order chi connectivity index (χ1) is 10.3. The van der Waals surface area contributed by atoms with Gasteiger partial charge in [-0.15, -0.1) is 0 Å². The van der Waals surface area contributed by atoms with Gasteiger partial charge in [0.1, 0.15) is 11.4 Å². The van der Waals surface area contributed by atoms with Gasteiger partial charge in [-0.05, 0) is 64.3 Å². The lowest BCUT2D eigenvalue weighted by atomic mass is 9.84. The van der Waals surface area contributed by atoms with Crippen LogP contribution in [0, 0.1) is 0 Å². The Labute approximate surface area is 132 Å². The second kappa shape index (κ2) is 6.16. The molecule has 122 valence electrons. The fourth-order valence-electron chi connectivity index (χ4n) is 3.20. The molecule has 1 aromatic rings. The van der Waals surface area contributed by atoms with Crippen LogP contribution < -0.4 is 5.73 Å². The molecule has 1 fully saturated rings. The number of likely N-dealkylation sites (tertiary alicyclic amines) is 1. The summed E-state index contributed by atoms with van der Waals surface area (Å²) >= 11 is 0. The van der Waals surface area contributed by atoms with Crippen molar-refractivity contribution < 1.29 is 14.6 Å². The van der Waals surface area contributed by atoms with Crippen molar-refractivity contribution in [3.05, 3.63) is 29.8 Å². The van der Waals surface area contributed by atoms with Crippen molar-refractivity contribution in [3.8, 4) is 5.75 Å². The van der Waals surface area contributed by atoms with E-state index in [1.165, 1.54) is 0 Å². The van der Waals surface area contributed by atoms with Crippen molar-refractivity contribution in [3.63, 3.8) is 0 Å². The molecular weight excluding hydrogens is 280 g/mol. The van der Waals surface area contributed by atoms with Crippen LogP contribution in [0.1, 0.15) is 45.6 Å². The molecule has 22 heavy (non-hydrogen) atoms. The van der Waals surface area contributed by atoms with Crippen LogP contribution in [0.4, 0.5) is 4.79 Å². The van der Waals surface area contributed by atoms with E-state index in [4.69, 9.17) is 10.5 Å². The monoisotopic (exact) mass is 306 g/mol. The quantitative estimate of drug-likeness (QED) is 0.900. The highest BCUT2D eigenvalue weighted by atomic mass is 16.6. The first-order valence-electron chi connectivity index (χ1n) is 7.79. The highest BCUT2D eigenvalue weighted by molar-refractivity contribution is 5.70. The average molecular weight is 306 g/mol. The van der Waals surface area contributed by atoms with E-state index in [0.717, 1.165) is 18.4 Å². The fraction of sp³-hybridized carbons (Fsp3) is 0.588. The van der Waals surface area contributed by atoms with E-state index in [1.54, 1.807) is 23.1 Å². The Morgan fingerprint density at radius 1 is 1.45 bits per heavy atom. The van der Waals surface area contributed by atoms with E-state index >= 15 is 0 Å². The largest absolute Gasteiger partial charge is 0.508 e. The van der Waals surface area contributed by atoms with E-state index in [2.05, 4.69) is 0 Å². The molecule has 0 radical (unpaired) electrons. The lowest BCUT2D eigenvalue weighted by molar-refractivity contribution is 0.00555. The maximum Gasteiger partial charge on any atom is 0.411 e. The van der Waals surface area contributed by atoms with Crippen molar-refractivity contribution in [2.24, 2.45) is 5.73 Å². The third-order valence-electron chi connectivity index (χ3n) is 4.04. The number of carbonyl (C=O) groups is 1. The van der Waals surface area contributed by atoms with Gasteiger partial charge >= 0.3 is 6.09 Å². The number of ether oxygens (including phenoxy) is 1. The SMILES string of the molecule is CC(C)(C)OC(=O)N1CCCC1(CCN)c1cccc(O)c1. The molecule has 1 unspecified atom stereocenters. The molecule has 5 nitrogen and oxygen atoms in total. The van der Waals surface area contributed by atoms with Gasteiger partial charge in [-0.2, -0.15) is 0 Å². The summed E-state index contributed by atoms with van der Waals surface area (Å²) in [4.78, 5) is 14.4. The molecule has 1 atom stereocenters. The fourth-order valence-corrected chi connectivity index (χ4v) is 3.20. The molecule has 1 amide bonds. The Morgan fingerprint density at radius 3 is 2.77 bits per heavy atom. The van der Waals surface area contributed by atoms with Gasteiger partial charge in [-0.1, -0.05) is 12.1 Å². The van der Waals surface area contributed by atoms with Gasteiger partial charge in [0.25, 0.3) is 0 Å². The first kappa shape index (κ1) is 16.6. The Bertz CT molecular complexity index is 539. The minimum Gasteiger partial charge on any atom is -0.508 e. The van der Waals surface area contributed by atoms with Crippen molar-refractivity contribution in [1.82, 2.24) is 4.90 Å². The van der Waals surface area contributed by atoms with Crippen LogP contribution in [0.2, 0.25) is 0 Å². The number of nitrogens with zero attached hydrogens (tertiary/aromatic N) is 1. The number of aromatic hydroxyl groups is 1. The maximum atomic E-state index is 12.6. The Balaban J connectivity index is 2.38.